The summed E-state index contributed by atoms with van der Waals surface area (Å²) in [5.41, 5.74) is 1.30. The molecule has 0 aliphatic carbocycles. The van der Waals surface area contributed by atoms with E-state index >= 15 is 0 Å². The van der Waals surface area contributed by atoms with Gasteiger partial charge in [-0.15, -0.1) is 0 Å². The maximum absolute atomic E-state index is 13.1. The van der Waals surface area contributed by atoms with E-state index in [1.165, 1.54) is 12.1 Å². The normalized spacial score (nSPS) is 16.7. The van der Waals surface area contributed by atoms with Crippen molar-refractivity contribution in [2.24, 2.45) is 0 Å². The summed E-state index contributed by atoms with van der Waals surface area (Å²) in [5, 5.41) is 4.31. The minimum atomic E-state index is -4.36. The van der Waals surface area contributed by atoms with E-state index in [4.69, 9.17) is 17.2 Å². The minimum absolute atomic E-state index is 0.0174. The smallest absolute Gasteiger partial charge is 0.368 e. The van der Waals surface area contributed by atoms with Crippen molar-refractivity contribution in [3.05, 3.63) is 64.2 Å². The van der Waals surface area contributed by atoms with Crippen LogP contribution in [-0.4, -0.2) is 45.7 Å². The number of alkyl halides is 3. The third kappa shape index (κ3) is 4.98. The van der Waals surface area contributed by atoms with Crippen LogP contribution in [0.25, 0.3) is 10.9 Å². The van der Waals surface area contributed by atoms with Crippen LogP contribution in [0, 0.1) is 0 Å². The van der Waals surface area contributed by atoms with Gasteiger partial charge in [0.05, 0.1) is 16.5 Å². The van der Waals surface area contributed by atoms with E-state index in [0.29, 0.717) is 54.4 Å². The molecule has 0 unspecified atom stereocenters. The fourth-order valence-corrected chi connectivity index (χ4v) is 5.05. The standard InChI is InChI=1S/C25H26F3N5OS/c26-25(27,28)17-5-4-6-19(15-17)31-11-13-32(14-12-31)24(35)29-18-8-9-21-20(16-18)23(34)33-10-3-1-2-7-22(33)30-21/h4-6,8-9,15-16H,1-3,7,10-14H2,(H,29,35). The van der Waals surface area contributed by atoms with E-state index in [1.807, 2.05) is 21.9 Å². The summed E-state index contributed by atoms with van der Waals surface area (Å²) < 4.78 is 41.0. The Labute approximate surface area is 206 Å². The third-order valence-corrected chi connectivity index (χ3v) is 7.03. The first-order chi connectivity index (χ1) is 16.8. The minimum Gasteiger partial charge on any atom is -0.368 e. The molecule has 0 saturated carbocycles. The first-order valence-electron chi connectivity index (χ1n) is 11.8. The predicted molar refractivity (Wildman–Crippen MR) is 135 cm³/mol. The Kier molecular flexibility index (Phi) is 6.39. The maximum Gasteiger partial charge on any atom is 0.416 e. The second-order valence-electron chi connectivity index (χ2n) is 8.98. The topological polar surface area (TPSA) is 53.4 Å². The van der Waals surface area contributed by atoms with Crippen LogP contribution in [0.3, 0.4) is 0 Å². The number of anilines is 2. The van der Waals surface area contributed by atoms with Gasteiger partial charge in [-0.05, 0) is 61.5 Å². The summed E-state index contributed by atoms with van der Waals surface area (Å²) in [7, 11) is 0. The molecule has 0 amide bonds. The van der Waals surface area contributed by atoms with Crippen LogP contribution in [0.1, 0.15) is 30.7 Å². The van der Waals surface area contributed by atoms with Gasteiger partial charge in [-0.1, -0.05) is 12.5 Å². The molecular weight excluding hydrogens is 475 g/mol. The molecule has 2 aliphatic heterocycles. The molecule has 35 heavy (non-hydrogen) atoms. The van der Waals surface area contributed by atoms with Crippen molar-refractivity contribution in [3.63, 3.8) is 0 Å². The Balaban J connectivity index is 1.26. The number of halogens is 3. The van der Waals surface area contributed by atoms with E-state index in [1.54, 1.807) is 16.7 Å². The number of fused-ring (bicyclic) bond motifs is 2. The van der Waals surface area contributed by atoms with Gasteiger partial charge in [0, 0.05) is 50.5 Å². The highest BCUT2D eigenvalue weighted by molar-refractivity contribution is 7.80. The van der Waals surface area contributed by atoms with Crippen molar-refractivity contribution in [1.29, 1.82) is 0 Å². The predicted octanol–water partition coefficient (Wildman–Crippen LogP) is 4.66. The summed E-state index contributed by atoms with van der Waals surface area (Å²) in [6.07, 6.45) is -0.413. The molecule has 2 aliphatic rings. The molecule has 2 aromatic carbocycles. The van der Waals surface area contributed by atoms with Gasteiger partial charge in [0.2, 0.25) is 0 Å². The van der Waals surface area contributed by atoms with Gasteiger partial charge in [0.25, 0.3) is 5.56 Å². The van der Waals surface area contributed by atoms with Crippen molar-refractivity contribution < 1.29 is 13.2 Å². The zero-order valence-electron chi connectivity index (χ0n) is 19.1. The first kappa shape index (κ1) is 23.6. The molecule has 5 rings (SSSR count). The van der Waals surface area contributed by atoms with Gasteiger partial charge in [-0.25, -0.2) is 4.98 Å². The Morgan fingerprint density at radius 2 is 1.77 bits per heavy atom. The van der Waals surface area contributed by atoms with Crippen molar-refractivity contribution in [2.75, 3.05) is 36.4 Å². The van der Waals surface area contributed by atoms with E-state index in [0.717, 1.165) is 43.3 Å². The average molecular weight is 502 g/mol. The summed E-state index contributed by atoms with van der Waals surface area (Å²) in [4.78, 5) is 21.7. The lowest BCUT2D eigenvalue weighted by Crippen LogP contribution is -2.50. The van der Waals surface area contributed by atoms with Gasteiger partial charge in [0.15, 0.2) is 5.11 Å². The van der Waals surface area contributed by atoms with Crippen LogP contribution in [0.2, 0.25) is 0 Å². The summed E-state index contributed by atoms with van der Waals surface area (Å²) in [6.45, 7) is 2.96. The third-order valence-electron chi connectivity index (χ3n) is 6.67. The van der Waals surface area contributed by atoms with Crippen LogP contribution in [-0.2, 0) is 19.1 Å². The Bertz CT molecular complexity index is 1310. The number of thiocarbonyl (C=S) groups is 1. The molecule has 10 heteroatoms. The number of nitrogens with zero attached hydrogens (tertiary/aromatic N) is 4. The fraction of sp³-hybridized carbons (Fsp3) is 0.400. The largest absolute Gasteiger partial charge is 0.416 e. The van der Waals surface area contributed by atoms with Gasteiger partial charge in [0.1, 0.15) is 5.82 Å². The number of rotatable bonds is 2. The van der Waals surface area contributed by atoms with E-state index < -0.39 is 11.7 Å². The molecule has 1 N–H and O–H groups in total. The second-order valence-corrected chi connectivity index (χ2v) is 9.37. The van der Waals surface area contributed by atoms with Crippen molar-refractivity contribution >= 4 is 39.6 Å². The highest BCUT2D eigenvalue weighted by atomic mass is 32.1. The van der Waals surface area contributed by atoms with Gasteiger partial charge >= 0.3 is 6.18 Å². The quantitative estimate of drug-likeness (QED) is 0.516. The molecule has 6 nitrogen and oxygen atoms in total. The highest BCUT2D eigenvalue weighted by Crippen LogP contribution is 2.32. The number of aryl methyl sites for hydroxylation is 1. The van der Waals surface area contributed by atoms with E-state index in [9.17, 15) is 18.0 Å². The van der Waals surface area contributed by atoms with Crippen molar-refractivity contribution in [2.45, 2.75) is 38.4 Å². The van der Waals surface area contributed by atoms with E-state index in [-0.39, 0.29) is 5.56 Å². The molecule has 3 aromatic rings. The fourth-order valence-electron chi connectivity index (χ4n) is 4.75. The van der Waals surface area contributed by atoms with Gasteiger partial charge in [-0.2, -0.15) is 13.2 Å². The molecule has 1 aromatic heterocycles. The van der Waals surface area contributed by atoms with E-state index in [2.05, 4.69) is 5.32 Å². The van der Waals surface area contributed by atoms with Crippen LogP contribution < -0.4 is 15.8 Å². The van der Waals surface area contributed by atoms with Crippen LogP contribution in [0.15, 0.2) is 47.3 Å². The molecule has 0 bridgehead atoms. The maximum atomic E-state index is 13.1. The monoisotopic (exact) mass is 501 g/mol. The van der Waals surface area contributed by atoms with Crippen LogP contribution >= 0.6 is 12.2 Å². The molecule has 0 radical (unpaired) electrons. The number of piperazine rings is 1. The number of benzene rings is 2. The molecule has 1 fully saturated rings. The second kappa shape index (κ2) is 9.49. The van der Waals surface area contributed by atoms with Crippen molar-refractivity contribution in [3.8, 4) is 0 Å². The lowest BCUT2D eigenvalue weighted by atomic mass is 10.1. The van der Waals surface area contributed by atoms with Crippen LogP contribution in [0.5, 0.6) is 0 Å². The number of hydrogen-bond acceptors (Lipinski definition) is 4. The molecule has 184 valence electrons. The highest BCUT2D eigenvalue weighted by Gasteiger charge is 2.31. The molecule has 0 atom stereocenters. The number of aromatic nitrogens is 2. The summed E-state index contributed by atoms with van der Waals surface area (Å²) in [5.74, 6) is 0.856. The zero-order chi connectivity index (χ0) is 24.6. The number of hydrogen-bond donors (Lipinski definition) is 1. The molecular formula is C25H26F3N5OS. The Morgan fingerprint density at radius 3 is 2.54 bits per heavy atom. The summed E-state index contributed by atoms with van der Waals surface area (Å²) in [6, 6.07) is 10.9. The summed E-state index contributed by atoms with van der Waals surface area (Å²) >= 11 is 5.60. The lowest BCUT2D eigenvalue weighted by Gasteiger charge is -2.37. The van der Waals surface area contributed by atoms with Crippen molar-refractivity contribution in [1.82, 2.24) is 14.5 Å². The van der Waals surface area contributed by atoms with Gasteiger partial charge in [-0.3, -0.25) is 9.36 Å². The Hall–Kier alpha value is -3.14. The zero-order valence-corrected chi connectivity index (χ0v) is 20.0. The molecule has 3 heterocycles. The van der Waals surface area contributed by atoms with Gasteiger partial charge < -0.3 is 15.1 Å². The lowest BCUT2D eigenvalue weighted by molar-refractivity contribution is -0.137. The van der Waals surface area contributed by atoms with Crippen LogP contribution in [0.4, 0.5) is 24.5 Å². The first-order valence-corrected chi connectivity index (χ1v) is 12.2. The average Bonchev–Trinajstić information content (AvgIpc) is 3.10. The Morgan fingerprint density at radius 1 is 0.971 bits per heavy atom. The molecule has 0 spiro atoms. The number of nitrogens with one attached hydrogen (secondary N) is 1. The SMILES string of the molecule is O=c1c2cc(NC(=S)N3CCN(c4cccc(C(F)(F)F)c4)CC3)ccc2nc2n1CCCCC2. The molecule has 1 saturated heterocycles.